The van der Waals surface area contributed by atoms with Crippen molar-refractivity contribution in [2.75, 3.05) is 21.1 Å². The molecule has 1 aliphatic heterocycles. The molecule has 11 heavy (non-hydrogen) atoms. The summed E-state index contributed by atoms with van der Waals surface area (Å²) in [5.74, 6) is 0. The average Bonchev–Trinajstić information content (AvgIpc) is 1.87. The Kier molecular flexibility index (Phi) is 6.97. The SMILES string of the molecule is CN(C)C.C[SiH]1CCCCC1. The second-order valence-corrected chi connectivity index (χ2v) is 7.45. The summed E-state index contributed by atoms with van der Waals surface area (Å²) in [7, 11) is 5.91. The quantitative estimate of drug-likeness (QED) is 0.508. The van der Waals surface area contributed by atoms with E-state index in [2.05, 4.69) is 6.55 Å². The maximum absolute atomic E-state index is 2.50. The first-order chi connectivity index (χ1) is 5.13. The van der Waals surface area contributed by atoms with E-state index < -0.39 is 0 Å². The molecular formula is C9H23NSi. The Bertz CT molecular complexity index is 74.9. The normalized spacial score (nSPS) is 19.4. The third-order valence-corrected chi connectivity index (χ3v) is 4.68. The maximum Gasteiger partial charge on any atom is 0.0336 e. The fourth-order valence-corrected chi connectivity index (χ4v) is 3.57. The monoisotopic (exact) mass is 173 g/mol. The summed E-state index contributed by atoms with van der Waals surface area (Å²) >= 11 is 0. The van der Waals surface area contributed by atoms with Crippen LogP contribution in [0.15, 0.2) is 0 Å². The molecule has 1 saturated heterocycles. The van der Waals surface area contributed by atoms with Crippen LogP contribution in [-0.4, -0.2) is 34.8 Å². The maximum atomic E-state index is 2.50. The van der Waals surface area contributed by atoms with Crippen molar-refractivity contribution < 1.29 is 0 Å². The molecule has 0 N–H and O–H groups in total. The van der Waals surface area contributed by atoms with Crippen LogP contribution in [-0.2, 0) is 0 Å². The molecule has 0 aromatic heterocycles. The van der Waals surface area contributed by atoms with Gasteiger partial charge in [0.25, 0.3) is 0 Å². The van der Waals surface area contributed by atoms with Gasteiger partial charge < -0.3 is 4.90 Å². The first kappa shape index (κ1) is 11.2. The van der Waals surface area contributed by atoms with Gasteiger partial charge in [0.05, 0.1) is 0 Å². The van der Waals surface area contributed by atoms with Crippen LogP contribution in [0.25, 0.3) is 0 Å². The van der Waals surface area contributed by atoms with E-state index in [1.54, 1.807) is 24.9 Å². The molecule has 0 bridgehead atoms. The van der Waals surface area contributed by atoms with Gasteiger partial charge in [0.15, 0.2) is 0 Å². The van der Waals surface area contributed by atoms with Crippen molar-refractivity contribution in [3.05, 3.63) is 0 Å². The summed E-state index contributed by atoms with van der Waals surface area (Å²) in [6.07, 6.45) is 4.62. The van der Waals surface area contributed by atoms with Crippen molar-refractivity contribution in [2.45, 2.75) is 37.9 Å². The van der Waals surface area contributed by atoms with Crippen LogP contribution in [0.4, 0.5) is 0 Å². The molecule has 0 unspecified atom stereocenters. The first-order valence-electron chi connectivity index (χ1n) is 4.74. The van der Waals surface area contributed by atoms with E-state index in [1.807, 2.05) is 26.0 Å². The predicted octanol–water partition coefficient (Wildman–Crippen LogP) is 2.21. The van der Waals surface area contributed by atoms with Gasteiger partial charge in [-0.25, -0.2) is 0 Å². The van der Waals surface area contributed by atoms with Gasteiger partial charge in [-0.2, -0.15) is 0 Å². The highest BCUT2D eigenvalue weighted by atomic mass is 28.3. The van der Waals surface area contributed by atoms with Crippen molar-refractivity contribution in [3.8, 4) is 0 Å². The molecular weight excluding hydrogens is 150 g/mol. The van der Waals surface area contributed by atoms with E-state index in [0.717, 1.165) is 0 Å². The summed E-state index contributed by atoms with van der Waals surface area (Å²) in [5, 5.41) is 0. The van der Waals surface area contributed by atoms with Crippen LogP contribution < -0.4 is 0 Å². The van der Waals surface area contributed by atoms with Crippen LogP contribution in [0.1, 0.15) is 19.3 Å². The number of rotatable bonds is 0. The van der Waals surface area contributed by atoms with E-state index in [0.29, 0.717) is 0 Å². The summed E-state index contributed by atoms with van der Waals surface area (Å²) in [6, 6.07) is 3.25. The predicted molar refractivity (Wildman–Crippen MR) is 56.1 cm³/mol. The van der Waals surface area contributed by atoms with Gasteiger partial charge in [-0.15, -0.1) is 0 Å². The van der Waals surface area contributed by atoms with Crippen LogP contribution in [0.3, 0.4) is 0 Å². The minimum atomic E-state index is -0.0945. The van der Waals surface area contributed by atoms with Crippen molar-refractivity contribution in [3.63, 3.8) is 0 Å². The zero-order valence-electron chi connectivity index (χ0n) is 8.56. The highest BCUT2D eigenvalue weighted by Gasteiger charge is 2.07. The molecule has 1 nitrogen and oxygen atoms in total. The Balaban J connectivity index is 0.000000218. The second kappa shape index (κ2) is 6.86. The molecule has 1 rings (SSSR count). The Morgan fingerprint density at radius 2 is 1.27 bits per heavy atom. The molecule has 2 heteroatoms. The molecule has 1 heterocycles. The number of nitrogens with zero attached hydrogens (tertiary/aromatic N) is 1. The molecule has 0 atom stereocenters. The van der Waals surface area contributed by atoms with Crippen molar-refractivity contribution in [1.82, 2.24) is 4.90 Å². The van der Waals surface area contributed by atoms with E-state index in [4.69, 9.17) is 0 Å². The Hall–Kier alpha value is 0.177. The van der Waals surface area contributed by atoms with E-state index in [-0.39, 0.29) is 8.80 Å². The molecule has 0 aromatic rings. The molecule has 0 aliphatic carbocycles. The molecule has 0 radical (unpaired) electrons. The Morgan fingerprint density at radius 3 is 1.45 bits per heavy atom. The lowest BCUT2D eigenvalue weighted by Crippen LogP contribution is -2.09. The van der Waals surface area contributed by atoms with E-state index in [9.17, 15) is 0 Å². The lowest BCUT2D eigenvalue weighted by atomic mass is 10.3. The molecule has 0 saturated carbocycles. The van der Waals surface area contributed by atoms with Crippen molar-refractivity contribution in [1.29, 1.82) is 0 Å². The molecule has 1 fully saturated rings. The smallest absolute Gasteiger partial charge is 0.0336 e. The van der Waals surface area contributed by atoms with Gasteiger partial charge in [0, 0.05) is 8.80 Å². The number of hydrogen-bond donors (Lipinski definition) is 0. The zero-order chi connectivity index (χ0) is 8.69. The van der Waals surface area contributed by atoms with Crippen LogP contribution in [0.2, 0.25) is 18.6 Å². The van der Waals surface area contributed by atoms with Gasteiger partial charge in [-0.1, -0.05) is 37.9 Å². The van der Waals surface area contributed by atoms with Gasteiger partial charge in [0.1, 0.15) is 0 Å². The second-order valence-electron chi connectivity index (χ2n) is 4.08. The third kappa shape index (κ3) is 10.2. The van der Waals surface area contributed by atoms with Gasteiger partial charge in [0.2, 0.25) is 0 Å². The average molecular weight is 173 g/mol. The molecule has 1 aliphatic rings. The first-order valence-corrected chi connectivity index (χ1v) is 7.52. The third-order valence-electron chi connectivity index (χ3n) is 1.89. The Labute approximate surface area is 73.4 Å². The summed E-state index contributed by atoms with van der Waals surface area (Å²) in [6.45, 7) is 2.50. The lowest BCUT2D eigenvalue weighted by Gasteiger charge is -2.14. The fourth-order valence-electron chi connectivity index (χ4n) is 1.31. The highest BCUT2D eigenvalue weighted by Crippen LogP contribution is 2.17. The zero-order valence-corrected chi connectivity index (χ0v) is 9.71. The molecule has 68 valence electrons. The van der Waals surface area contributed by atoms with Crippen LogP contribution in [0.5, 0.6) is 0 Å². The minimum Gasteiger partial charge on any atom is -0.312 e. The number of hydrogen-bond acceptors (Lipinski definition) is 1. The van der Waals surface area contributed by atoms with Crippen LogP contribution in [0, 0.1) is 0 Å². The molecule has 0 spiro atoms. The minimum absolute atomic E-state index is 0.0945. The molecule has 0 aromatic carbocycles. The topological polar surface area (TPSA) is 3.24 Å². The fraction of sp³-hybridized carbons (Fsp3) is 1.00. The van der Waals surface area contributed by atoms with Crippen molar-refractivity contribution >= 4 is 8.80 Å². The van der Waals surface area contributed by atoms with Crippen molar-refractivity contribution in [2.24, 2.45) is 0 Å². The van der Waals surface area contributed by atoms with Gasteiger partial charge in [-0.3, -0.25) is 0 Å². The van der Waals surface area contributed by atoms with Gasteiger partial charge in [-0.05, 0) is 21.1 Å². The Morgan fingerprint density at radius 1 is 0.909 bits per heavy atom. The van der Waals surface area contributed by atoms with Gasteiger partial charge >= 0.3 is 0 Å². The van der Waals surface area contributed by atoms with E-state index >= 15 is 0 Å². The summed E-state index contributed by atoms with van der Waals surface area (Å²) < 4.78 is 0. The van der Waals surface area contributed by atoms with Crippen LogP contribution >= 0.6 is 0 Å². The lowest BCUT2D eigenvalue weighted by molar-refractivity contribution is 0.505. The summed E-state index contributed by atoms with van der Waals surface area (Å²) in [5.41, 5.74) is 0. The standard InChI is InChI=1S/C6H14Si.C3H9N/c1-7-5-3-2-4-6-7;1-4(2)3/h7H,2-6H2,1H3;1-3H3. The highest BCUT2D eigenvalue weighted by molar-refractivity contribution is 6.57. The largest absolute Gasteiger partial charge is 0.312 e. The van der Waals surface area contributed by atoms with E-state index in [1.165, 1.54) is 6.42 Å². The molecule has 0 amide bonds. The summed E-state index contributed by atoms with van der Waals surface area (Å²) in [4.78, 5) is 2.00.